The van der Waals surface area contributed by atoms with Crippen molar-refractivity contribution in [3.8, 4) is 0 Å². The van der Waals surface area contributed by atoms with Gasteiger partial charge in [-0.1, -0.05) is 19.4 Å². The Morgan fingerprint density at radius 2 is 2.21 bits per heavy atom. The summed E-state index contributed by atoms with van der Waals surface area (Å²) in [6.07, 6.45) is 2.74. The summed E-state index contributed by atoms with van der Waals surface area (Å²) < 4.78 is 12.9. The molecule has 0 unspecified atom stereocenters. The Bertz CT molecular complexity index is 339. The van der Waals surface area contributed by atoms with E-state index in [0.717, 1.165) is 30.9 Å². The molecule has 1 rings (SSSR count). The molecule has 0 bridgehead atoms. The molecule has 0 saturated carbocycles. The van der Waals surface area contributed by atoms with Crippen molar-refractivity contribution in [3.05, 3.63) is 39.7 Å². The van der Waals surface area contributed by atoms with Gasteiger partial charge in [0.15, 0.2) is 0 Å². The van der Waals surface area contributed by atoms with Gasteiger partial charge in [0.05, 0.1) is 4.92 Å². The summed E-state index contributed by atoms with van der Waals surface area (Å²) in [5, 5.41) is 10.4. The van der Waals surface area contributed by atoms with Crippen LogP contribution < -0.4 is 0 Å². The van der Waals surface area contributed by atoms with Gasteiger partial charge in [0, 0.05) is 6.07 Å². The van der Waals surface area contributed by atoms with Crippen LogP contribution in [0.25, 0.3) is 0 Å². The lowest BCUT2D eigenvalue weighted by molar-refractivity contribution is -0.387. The molecule has 3 nitrogen and oxygen atoms in total. The van der Waals surface area contributed by atoms with Crippen LogP contribution in [-0.2, 0) is 6.42 Å². The van der Waals surface area contributed by atoms with E-state index in [4.69, 9.17) is 0 Å². The first-order valence-electron chi connectivity index (χ1n) is 4.58. The lowest BCUT2D eigenvalue weighted by Gasteiger charge is -2.00. The van der Waals surface area contributed by atoms with Crippen molar-refractivity contribution in [2.45, 2.75) is 26.2 Å². The van der Waals surface area contributed by atoms with Gasteiger partial charge >= 0.3 is 5.69 Å². The van der Waals surface area contributed by atoms with E-state index in [1.54, 1.807) is 6.07 Å². The van der Waals surface area contributed by atoms with Crippen LogP contribution in [0.1, 0.15) is 25.3 Å². The molecule has 0 spiro atoms. The Morgan fingerprint density at radius 3 is 2.79 bits per heavy atom. The summed E-state index contributed by atoms with van der Waals surface area (Å²) in [5.74, 6) is -0.768. The van der Waals surface area contributed by atoms with Crippen molar-refractivity contribution in [2.75, 3.05) is 0 Å². The first-order valence-corrected chi connectivity index (χ1v) is 4.58. The zero-order valence-corrected chi connectivity index (χ0v) is 8.00. The Morgan fingerprint density at radius 1 is 1.50 bits per heavy atom. The molecule has 0 radical (unpaired) electrons. The molecule has 0 aliphatic heterocycles. The normalized spacial score (nSPS) is 10.1. The number of aryl methyl sites for hydroxylation is 1. The first kappa shape index (κ1) is 10.6. The van der Waals surface area contributed by atoms with E-state index in [2.05, 4.69) is 0 Å². The molecule has 4 heteroatoms. The molecule has 0 fully saturated rings. The van der Waals surface area contributed by atoms with Crippen molar-refractivity contribution in [1.29, 1.82) is 0 Å². The van der Waals surface area contributed by atoms with Gasteiger partial charge in [-0.15, -0.1) is 0 Å². The maximum Gasteiger partial charge on any atom is 0.305 e. The van der Waals surface area contributed by atoms with Gasteiger partial charge in [0.25, 0.3) is 0 Å². The van der Waals surface area contributed by atoms with Gasteiger partial charge in [0.2, 0.25) is 5.82 Å². The van der Waals surface area contributed by atoms with Crippen molar-refractivity contribution in [3.63, 3.8) is 0 Å². The number of hydrogen-bond acceptors (Lipinski definition) is 2. The Kier molecular flexibility index (Phi) is 3.56. The van der Waals surface area contributed by atoms with Crippen LogP contribution >= 0.6 is 0 Å². The van der Waals surface area contributed by atoms with Gasteiger partial charge < -0.3 is 0 Å². The summed E-state index contributed by atoms with van der Waals surface area (Å²) >= 11 is 0. The largest absolute Gasteiger partial charge is 0.305 e. The first-order chi connectivity index (χ1) is 6.65. The van der Waals surface area contributed by atoms with E-state index >= 15 is 0 Å². The predicted molar refractivity (Wildman–Crippen MR) is 51.7 cm³/mol. The van der Waals surface area contributed by atoms with E-state index in [-0.39, 0.29) is 0 Å². The quantitative estimate of drug-likeness (QED) is 0.549. The molecular formula is C10H12FNO2. The average Bonchev–Trinajstić information content (AvgIpc) is 2.16. The highest BCUT2D eigenvalue weighted by molar-refractivity contribution is 5.36. The lowest BCUT2D eigenvalue weighted by atomic mass is 10.1. The van der Waals surface area contributed by atoms with Gasteiger partial charge in [-0.2, -0.15) is 4.39 Å². The highest BCUT2D eigenvalue weighted by Crippen LogP contribution is 2.19. The maximum atomic E-state index is 12.9. The fourth-order valence-corrected chi connectivity index (χ4v) is 1.23. The molecule has 0 aromatic heterocycles. The van der Waals surface area contributed by atoms with E-state index in [1.807, 2.05) is 6.92 Å². The topological polar surface area (TPSA) is 43.1 Å². The summed E-state index contributed by atoms with van der Waals surface area (Å²) in [7, 11) is 0. The van der Waals surface area contributed by atoms with Crippen LogP contribution in [0.2, 0.25) is 0 Å². The molecule has 0 aliphatic carbocycles. The summed E-state index contributed by atoms with van der Waals surface area (Å²) in [6, 6.07) is 4.06. The second-order valence-corrected chi connectivity index (χ2v) is 3.15. The number of rotatable bonds is 4. The standard InChI is InChI=1S/C10H12FNO2/c1-2-3-4-8-5-6-9(11)10(7-8)12(13)14/h5-7H,2-4H2,1H3. The summed E-state index contributed by atoms with van der Waals surface area (Å²) in [5.41, 5.74) is 0.388. The monoisotopic (exact) mass is 197 g/mol. The number of nitro benzene ring substituents is 1. The smallest absolute Gasteiger partial charge is 0.258 e. The third-order valence-corrected chi connectivity index (χ3v) is 2.03. The van der Waals surface area contributed by atoms with Crippen molar-refractivity contribution in [1.82, 2.24) is 0 Å². The summed E-state index contributed by atoms with van der Waals surface area (Å²) in [6.45, 7) is 2.04. The number of hydrogen-bond donors (Lipinski definition) is 0. The minimum Gasteiger partial charge on any atom is -0.258 e. The minimum atomic E-state index is -0.768. The van der Waals surface area contributed by atoms with E-state index in [9.17, 15) is 14.5 Å². The molecule has 0 aliphatic rings. The van der Waals surface area contributed by atoms with E-state index in [0.29, 0.717) is 0 Å². The maximum absolute atomic E-state index is 12.9. The van der Waals surface area contributed by atoms with Crippen molar-refractivity contribution in [2.24, 2.45) is 0 Å². The van der Waals surface area contributed by atoms with Gasteiger partial charge in [-0.3, -0.25) is 10.1 Å². The highest BCUT2D eigenvalue weighted by Gasteiger charge is 2.13. The third kappa shape index (κ3) is 2.52. The molecule has 0 N–H and O–H groups in total. The van der Waals surface area contributed by atoms with Crippen LogP contribution in [0, 0.1) is 15.9 Å². The predicted octanol–water partition coefficient (Wildman–Crippen LogP) is 3.08. The molecule has 76 valence electrons. The fourth-order valence-electron chi connectivity index (χ4n) is 1.23. The Balaban J connectivity index is 2.89. The highest BCUT2D eigenvalue weighted by atomic mass is 19.1. The molecule has 0 amide bonds. The second kappa shape index (κ2) is 4.69. The molecule has 0 heterocycles. The van der Waals surface area contributed by atoms with Crippen LogP contribution in [0.4, 0.5) is 10.1 Å². The number of nitro groups is 1. The Hall–Kier alpha value is -1.45. The zero-order valence-electron chi connectivity index (χ0n) is 8.00. The van der Waals surface area contributed by atoms with E-state index in [1.165, 1.54) is 6.07 Å². The molecule has 14 heavy (non-hydrogen) atoms. The van der Waals surface area contributed by atoms with Gasteiger partial charge in [-0.05, 0) is 24.5 Å². The SMILES string of the molecule is CCCCc1ccc(F)c([N+](=O)[O-])c1. The zero-order chi connectivity index (χ0) is 10.6. The number of halogens is 1. The molecule has 0 atom stereocenters. The molecular weight excluding hydrogens is 185 g/mol. The molecule has 1 aromatic rings. The van der Waals surface area contributed by atoms with Crippen LogP contribution in [-0.4, -0.2) is 4.92 Å². The van der Waals surface area contributed by atoms with Crippen molar-refractivity contribution < 1.29 is 9.31 Å². The van der Waals surface area contributed by atoms with Gasteiger partial charge in [0.1, 0.15) is 0 Å². The molecule has 0 saturated heterocycles. The van der Waals surface area contributed by atoms with Crippen molar-refractivity contribution >= 4 is 5.69 Å². The van der Waals surface area contributed by atoms with E-state index < -0.39 is 16.4 Å². The van der Waals surface area contributed by atoms with Crippen LogP contribution in [0.15, 0.2) is 18.2 Å². The Labute approximate surface area is 81.7 Å². The average molecular weight is 197 g/mol. The lowest BCUT2D eigenvalue weighted by Crippen LogP contribution is -1.94. The van der Waals surface area contributed by atoms with Crippen LogP contribution in [0.3, 0.4) is 0 Å². The fraction of sp³-hybridized carbons (Fsp3) is 0.400. The van der Waals surface area contributed by atoms with Gasteiger partial charge in [-0.25, -0.2) is 0 Å². The third-order valence-electron chi connectivity index (χ3n) is 2.03. The number of unbranched alkanes of at least 4 members (excludes halogenated alkanes) is 1. The number of nitrogens with zero attached hydrogens (tertiary/aromatic N) is 1. The summed E-state index contributed by atoms with van der Waals surface area (Å²) in [4.78, 5) is 9.72. The van der Waals surface area contributed by atoms with Crippen LogP contribution in [0.5, 0.6) is 0 Å². The second-order valence-electron chi connectivity index (χ2n) is 3.15. The number of benzene rings is 1. The molecule has 1 aromatic carbocycles. The minimum absolute atomic E-state index is 0.432.